The fraction of sp³-hybridized carbons (Fsp3) is 0.889. The summed E-state index contributed by atoms with van der Waals surface area (Å²) in [5.41, 5.74) is 0. The maximum Gasteiger partial charge on any atom is 0.318 e. The topological polar surface area (TPSA) is 74.7 Å². The van der Waals surface area contributed by atoms with Gasteiger partial charge in [-0.05, 0) is 12.3 Å². The third-order valence-electron chi connectivity index (χ3n) is 2.84. The Balaban J connectivity index is 2.38. The molecule has 1 aliphatic rings. The summed E-state index contributed by atoms with van der Waals surface area (Å²) in [5, 5.41) is 8.48. The second-order valence-electron chi connectivity index (χ2n) is 4.05. The van der Waals surface area contributed by atoms with Gasteiger partial charge in [0.2, 0.25) is 10.0 Å². The fourth-order valence-corrected chi connectivity index (χ4v) is 2.79. The van der Waals surface area contributed by atoms with E-state index >= 15 is 0 Å². The van der Waals surface area contributed by atoms with Gasteiger partial charge in [0.25, 0.3) is 0 Å². The zero-order chi connectivity index (χ0) is 11.5. The molecule has 0 amide bonds. The number of hydrogen-bond donors (Lipinski definition) is 1. The molecule has 0 spiro atoms. The number of aliphatic carboxylic acids is 1. The summed E-state index contributed by atoms with van der Waals surface area (Å²) in [4.78, 5) is 10.4. The van der Waals surface area contributed by atoms with Crippen LogP contribution in [0, 0.1) is 5.92 Å². The number of rotatable bonds is 6. The molecule has 0 heterocycles. The molecule has 5 nitrogen and oxygen atoms in total. The summed E-state index contributed by atoms with van der Waals surface area (Å²) in [7, 11) is -2.06. The summed E-state index contributed by atoms with van der Waals surface area (Å²) in [6.07, 6.45) is 4.07. The lowest BCUT2D eigenvalue weighted by Crippen LogP contribution is -2.34. The van der Waals surface area contributed by atoms with Crippen LogP contribution >= 0.6 is 0 Å². The third-order valence-corrected chi connectivity index (χ3v) is 4.67. The second-order valence-corrected chi connectivity index (χ2v) is 6.25. The van der Waals surface area contributed by atoms with Crippen LogP contribution in [-0.2, 0) is 14.8 Å². The first-order valence-corrected chi connectivity index (χ1v) is 6.68. The Morgan fingerprint density at radius 3 is 2.47 bits per heavy atom. The zero-order valence-corrected chi connectivity index (χ0v) is 9.66. The van der Waals surface area contributed by atoms with Crippen LogP contribution in [0.15, 0.2) is 0 Å². The molecule has 6 heteroatoms. The molecule has 0 aromatic heterocycles. The van der Waals surface area contributed by atoms with Crippen LogP contribution in [-0.4, -0.2) is 43.1 Å². The highest BCUT2D eigenvalue weighted by Crippen LogP contribution is 2.29. The van der Waals surface area contributed by atoms with Gasteiger partial charge in [0.05, 0.1) is 5.75 Å². The van der Waals surface area contributed by atoms with Crippen LogP contribution in [0.1, 0.15) is 25.7 Å². The first kappa shape index (κ1) is 12.4. The molecule has 0 bridgehead atoms. The van der Waals surface area contributed by atoms with E-state index in [9.17, 15) is 13.2 Å². The zero-order valence-electron chi connectivity index (χ0n) is 8.85. The molecule has 0 unspecified atom stereocenters. The SMILES string of the molecule is CN(CC(=O)O)S(=O)(=O)CCC1CCC1. The van der Waals surface area contributed by atoms with Crippen molar-refractivity contribution in [3.8, 4) is 0 Å². The summed E-state index contributed by atoms with van der Waals surface area (Å²) in [5.74, 6) is -0.524. The lowest BCUT2D eigenvalue weighted by molar-refractivity contribution is -0.137. The average Bonchev–Trinajstić information content (AvgIpc) is 1.99. The van der Waals surface area contributed by atoms with Gasteiger partial charge < -0.3 is 5.11 Å². The van der Waals surface area contributed by atoms with Crippen molar-refractivity contribution < 1.29 is 18.3 Å². The highest BCUT2D eigenvalue weighted by atomic mass is 32.2. The van der Waals surface area contributed by atoms with E-state index in [-0.39, 0.29) is 5.75 Å². The van der Waals surface area contributed by atoms with Crippen molar-refractivity contribution in [1.82, 2.24) is 4.31 Å². The standard InChI is InChI=1S/C9H17NO4S/c1-10(7-9(11)12)15(13,14)6-5-8-3-2-4-8/h8H,2-7H2,1H3,(H,11,12). The molecule has 1 aliphatic carbocycles. The van der Waals surface area contributed by atoms with E-state index in [4.69, 9.17) is 5.11 Å². The molecule has 1 N–H and O–H groups in total. The minimum atomic E-state index is -3.37. The largest absolute Gasteiger partial charge is 0.480 e. The number of nitrogens with zero attached hydrogens (tertiary/aromatic N) is 1. The predicted octanol–water partition coefficient (Wildman–Crippen LogP) is 0.523. The van der Waals surface area contributed by atoms with Crippen molar-refractivity contribution in [2.45, 2.75) is 25.7 Å². The number of sulfonamides is 1. The van der Waals surface area contributed by atoms with Gasteiger partial charge in [-0.2, -0.15) is 4.31 Å². The van der Waals surface area contributed by atoms with Crippen LogP contribution in [0.4, 0.5) is 0 Å². The van der Waals surface area contributed by atoms with E-state index in [2.05, 4.69) is 0 Å². The van der Waals surface area contributed by atoms with E-state index in [0.29, 0.717) is 12.3 Å². The molecule has 88 valence electrons. The number of likely N-dealkylation sites (N-methyl/N-ethyl adjacent to an activating group) is 1. The van der Waals surface area contributed by atoms with Crippen molar-refractivity contribution in [2.24, 2.45) is 5.92 Å². The van der Waals surface area contributed by atoms with Gasteiger partial charge >= 0.3 is 5.97 Å². The Kier molecular flexibility index (Phi) is 4.10. The van der Waals surface area contributed by atoms with Crippen molar-refractivity contribution in [2.75, 3.05) is 19.3 Å². The molecular weight excluding hydrogens is 218 g/mol. The maximum atomic E-state index is 11.6. The van der Waals surface area contributed by atoms with Crippen LogP contribution < -0.4 is 0 Å². The normalized spacial score (nSPS) is 17.7. The number of carboxylic acid groups (broad SMARTS) is 1. The van der Waals surface area contributed by atoms with Crippen molar-refractivity contribution in [1.29, 1.82) is 0 Å². The van der Waals surface area contributed by atoms with Crippen LogP contribution in [0.25, 0.3) is 0 Å². The number of carboxylic acids is 1. The molecule has 15 heavy (non-hydrogen) atoms. The molecule has 1 fully saturated rings. The van der Waals surface area contributed by atoms with Gasteiger partial charge in [-0.15, -0.1) is 0 Å². The maximum absolute atomic E-state index is 11.6. The van der Waals surface area contributed by atoms with E-state index in [1.165, 1.54) is 13.5 Å². The summed E-state index contributed by atoms with van der Waals surface area (Å²) < 4.78 is 24.1. The lowest BCUT2D eigenvalue weighted by atomic mass is 9.84. The van der Waals surface area contributed by atoms with Gasteiger partial charge in [-0.1, -0.05) is 19.3 Å². The third kappa shape index (κ3) is 3.79. The number of hydrogen-bond acceptors (Lipinski definition) is 3. The van der Waals surface area contributed by atoms with Gasteiger partial charge in [-0.3, -0.25) is 4.79 Å². The molecule has 0 radical (unpaired) electrons. The molecule has 0 aromatic carbocycles. The smallest absolute Gasteiger partial charge is 0.318 e. The second kappa shape index (κ2) is 4.94. The van der Waals surface area contributed by atoms with E-state index < -0.39 is 22.5 Å². The Morgan fingerprint density at radius 2 is 2.07 bits per heavy atom. The monoisotopic (exact) mass is 235 g/mol. The summed E-state index contributed by atoms with van der Waals surface area (Å²) >= 11 is 0. The molecular formula is C9H17NO4S. The minimum absolute atomic E-state index is 0.0709. The van der Waals surface area contributed by atoms with E-state index in [1.807, 2.05) is 0 Å². The van der Waals surface area contributed by atoms with Gasteiger partial charge in [-0.25, -0.2) is 8.42 Å². The summed E-state index contributed by atoms with van der Waals surface area (Å²) in [6.45, 7) is -0.451. The predicted molar refractivity (Wildman–Crippen MR) is 56.0 cm³/mol. The fourth-order valence-electron chi connectivity index (χ4n) is 1.54. The molecule has 0 saturated heterocycles. The molecule has 0 atom stereocenters. The first-order valence-electron chi connectivity index (χ1n) is 5.07. The van der Waals surface area contributed by atoms with Gasteiger partial charge in [0.1, 0.15) is 6.54 Å². The molecule has 0 aliphatic heterocycles. The Bertz CT molecular complexity index is 321. The van der Waals surface area contributed by atoms with Crippen molar-refractivity contribution in [3.63, 3.8) is 0 Å². The quantitative estimate of drug-likeness (QED) is 0.728. The molecule has 1 saturated carbocycles. The van der Waals surface area contributed by atoms with Crippen LogP contribution in [0.5, 0.6) is 0 Å². The van der Waals surface area contributed by atoms with E-state index in [1.54, 1.807) is 0 Å². The average molecular weight is 235 g/mol. The van der Waals surface area contributed by atoms with Crippen molar-refractivity contribution in [3.05, 3.63) is 0 Å². The van der Waals surface area contributed by atoms with Crippen molar-refractivity contribution >= 4 is 16.0 Å². The summed E-state index contributed by atoms with van der Waals surface area (Å²) in [6, 6.07) is 0. The Hall–Kier alpha value is -0.620. The van der Waals surface area contributed by atoms with Crippen LogP contribution in [0.2, 0.25) is 0 Å². The first-order chi connectivity index (χ1) is 6.92. The highest BCUT2D eigenvalue weighted by Gasteiger charge is 2.24. The van der Waals surface area contributed by atoms with Gasteiger partial charge in [0, 0.05) is 7.05 Å². The highest BCUT2D eigenvalue weighted by molar-refractivity contribution is 7.89. The molecule has 0 aromatic rings. The van der Waals surface area contributed by atoms with Gasteiger partial charge in [0.15, 0.2) is 0 Å². The number of carbonyl (C=O) groups is 1. The Morgan fingerprint density at radius 1 is 1.47 bits per heavy atom. The minimum Gasteiger partial charge on any atom is -0.480 e. The van der Waals surface area contributed by atoms with E-state index in [0.717, 1.165) is 17.1 Å². The molecule has 1 rings (SSSR count). The Labute approximate surface area is 90.1 Å². The lowest BCUT2D eigenvalue weighted by Gasteiger charge is -2.25. The van der Waals surface area contributed by atoms with Crippen LogP contribution in [0.3, 0.4) is 0 Å².